The fourth-order valence-corrected chi connectivity index (χ4v) is 3.99. The molecule has 3 atom stereocenters. The van der Waals surface area contributed by atoms with Gasteiger partial charge in [-0.3, -0.25) is 4.90 Å². The first kappa shape index (κ1) is 17.2. The number of nitrogens with one attached hydrogen (secondary N) is 1. The molecule has 120 valence electrons. The first-order valence-electron chi connectivity index (χ1n) is 8.21. The zero-order valence-corrected chi connectivity index (χ0v) is 14.0. The predicted octanol–water partition coefficient (Wildman–Crippen LogP) is 2.88. The molecule has 1 saturated carbocycles. The fourth-order valence-electron chi connectivity index (χ4n) is 3.99. The van der Waals surface area contributed by atoms with Crippen molar-refractivity contribution in [2.75, 3.05) is 13.1 Å². The van der Waals surface area contributed by atoms with E-state index < -0.39 is 11.3 Å². The van der Waals surface area contributed by atoms with E-state index in [1.54, 1.807) is 0 Å². The van der Waals surface area contributed by atoms with Crippen LogP contribution in [0.3, 0.4) is 0 Å². The molecule has 2 rings (SSSR count). The van der Waals surface area contributed by atoms with Crippen LogP contribution in [0.1, 0.15) is 33.6 Å². The van der Waals surface area contributed by atoms with E-state index in [1.165, 1.54) is 0 Å². The maximum Gasteiger partial charge on any atom is 0.185 e. The van der Waals surface area contributed by atoms with E-state index in [0.717, 1.165) is 31.5 Å². The molecule has 0 amide bonds. The molecule has 0 unspecified atom stereocenters. The highest BCUT2D eigenvalue weighted by Crippen LogP contribution is 2.50. The summed E-state index contributed by atoms with van der Waals surface area (Å²) in [6.45, 7) is 7.81. The van der Waals surface area contributed by atoms with E-state index in [4.69, 9.17) is 5.41 Å². The Balaban J connectivity index is 2.58. The van der Waals surface area contributed by atoms with Crippen molar-refractivity contribution in [3.63, 3.8) is 0 Å². The predicted molar refractivity (Wildman–Crippen MR) is 87.2 cm³/mol. The second-order valence-electron chi connectivity index (χ2n) is 6.76. The Bertz CT molecular complexity index is 626. The zero-order chi connectivity index (χ0) is 17.2. The van der Waals surface area contributed by atoms with Gasteiger partial charge in [-0.25, -0.2) is 0 Å². The molecule has 1 heterocycles. The topological polar surface area (TPSA) is 98.5 Å². The van der Waals surface area contributed by atoms with Crippen LogP contribution in [0.25, 0.3) is 0 Å². The van der Waals surface area contributed by atoms with Gasteiger partial charge in [-0.15, -0.1) is 0 Å². The molecule has 1 aliphatic heterocycles. The van der Waals surface area contributed by atoms with Gasteiger partial charge in [0.1, 0.15) is 5.92 Å². The maximum absolute atomic E-state index is 9.73. The lowest BCUT2D eigenvalue weighted by atomic mass is 9.55. The van der Waals surface area contributed by atoms with Crippen molar-refractivity contribution in [2.24, 2.45) is 23.2 Å². The van der Waals surface area contributed by atoms with Crippen molar-refractivity contribution in [1.29, 1.82) is 21.2 Å². The molecule has 1 N–H and O–H groups in total. The van der Waals surface area contributed by atoms with Gasteiger partial charge in [-0.1, -0.05) is 19.4 Å². The van der Waals surface area contributed by atoms with E-state index in [0.29, 0.717) is 6.04 Å². The van der Waals surface area contributed by atoms with Crippen molar-refractivity contribution in [2.45, 2.75) is 39.7 Å². The van der Waals surface area contributed by atoms with E-state index in [9.17, 15) is 15.8 Å². The molecule has 0 aromatic heterocycles. The monoisotopic (exact) mass is 309 g/mol. The minimum absolute atomic E-state index is 0.00384. The number of hydrogen-bond donors (Lipinski definition) is 1. The Kier molecular flexibility index (Phi) is 4.88. The number of rotatable bonds is 3. The minimum Gasteiger partial charge on any atom is -0.305 e. The van der Waals surface area contributed by atoms with Crippen LogP contribution >= 0.6 is 0 Å². The zero-order valence-electron chi connectivity index (χ0n) is 14.0. The van der Waals surface area contributed by atoms with E-state index >= 15 is 0 Å². The molecule has 1 aliphatic carbocycles. The SMILES string of the molecule is CCC[C@@H]1[C@@H]2CN(C(C)C)CC=C2[C@@H](C#N)C(=N)C1(C#N)C#N. The lowest BCUT2D eigenvalue weighted by Crippen LogP contribution is -2.54. The van der Waals surface area contributed by atoms with Gasteiger partial charge < -0.3 is 5.41 Å². The molecule has 0 bridgehead atoms. The van der Waals surface area contributed by atoms with E-state index in [1.807, 2.05) is 6.92 Å². The molecule has 0 saturated heterocycles. The smallest absolute Gasteiger partial charge is 0.185 e. The first-order chi connectivity index (χ1) is 11.0. The van der Waals surface area contributed by atoms with Crippen molar-refractivity contribution in [1.82, 2.24) is 4.90 Å². The summed E-state index contributed by atoms with van der Waals surface area (Å²) in [4.78, 5) is 2.31. The highest BCUT2D eigenvalue weighted by atomic mass is 15.2. The fraction of sp³-hybridized carbons (Fsp3) is 0.667. The van der Waals surface area contributed by atoms with Crippen LogP contribution in [-0.4, -0.2) is 29.7 Å². The van der Waals surface area contributed by atoms with Gasteiger partial charge in [-0.05, 0) is 31.8 Å². The van der Waals surface area contributed by atoms with Gasteiger partial charge in [0.05, 0.1) is 23.9 Å². The largest absolute Gasteiger partial charge is 0.305 e. The van der Waals surface area contributed by atoms with Crippen LogP contribution in [0.15, 0.2) is 11.6 Å². The molecule has 1 fully saturated rings. The molecular weight excluding hydrogens is 286 g/mol. The summed E-state index contributed by atoms with van der Waals surface area (Å²) in [5, 5.41) is 37.4. The minimum atomic E-state index is -1.47. The molecule has 23 heavy (non-hydrogen) atoms. The third-order valence-corrected chi connectivity index (χ3v) is 5.32. The third kappa shape index (κ3) is 2.54. The maximum atomic E-state index is 9.73. The second-order valence-corrected chi connectivity index (χ2v) is 6.76. The van der Waals surface area contributed by atoms with E-state index in [2.05, 4.69) is 43.0 Å². The Morgan fingerprint density at radius 1 is 1.35 bits per heavy atom. The van der Waals surface area contributed by atoms with Crippen LogP contribution in [0.2, 0.25) is 0 Å². The number of nitrogens with zero attached hydrogens (tertiary/aromatic N) is 4. The Hall–Kier alpha value is -2.16. The Morgan fingerprint density at radius 3 is 2.48 bits per heavy atom. The lowest BCUT2D eigenvalue weighted by molar-refractivity contribution is 0.137. The standard InChI is InChI=1S/C18H23N5/c1-4-5-16-15-9-23(12(2)3)7-6-13(15)14(8-19)17(22)18(16,10-20)11-21/h6,12,14-16,22H,4-5,7,9H2,1-3H3/t14-,15-,16-/m1/s1. The van der Waals surface area contributed by atoms with Gasteiger partial charge in [0.2, 0.25) is 0 Å². The van der Waals surface area contributed by atoms with Crippen molar-refractivity contribution < 1.29 is 0 Å². The summed E-state index contributed by atoms with van der Waals surface area (Å²) in [6.07, 6.45) is 3.62. The normalized spacial score (nSPS) is 29.9. The highest BCUT2D eigenvalue weighted by Gasteiger charge is 2.56. The highest BCUT2D eigenvalue weighted by molar-refractivity contribution is 6.00. The summed E-state index contributed by atoms with van der Waals surface area (Å²) < 4.78 is 0. The number of fused-ring (bicyclic) bond motifs is 1. The quantitative estimate of drug-likeness (QED) is 0.810. The summed E-state index contributed by atoms with van der Waals surface area (Å²) in [5.41, 5.74) is -0.545. The summed E-state index contributed by atoms with van der Waals surface area (Å²) in [7, 11) is 0. The van der Waals surface area contributed by atoms with Crippen molar-refractivity contribution in [3.05, 3.63) is 11.6 Å². The summed E-state index contributed by atoms with van der Waals surface area (Å²) >= 11 is 0. The van der Waals surface area contributed by atoms with Gasteiger partial charge in [0.15, 0.2) is 5.41 Å². The van der Waals surface area contributed by atoms with Crippen molar-refractivity contribution >= 4 is 5.71 Å². The van der Waals surface area contributed by atoms with Gasteiger partial charge >= 0.3 is 0 Å². The Morgan fingerprint density at radius 2 is 2.00 bits per heavy atom. The number of hydrogen-bond acceptors (Lipinski definition) is 5. The molecule has 0 aromatic rings. The molecule has 5 nitrogen and oxygen atoms in total. The Labute approximate surface area is 138 Å². The van der Waals surface area contributed by atoms with Crippen molar-refractivity contribution in [3.8, 4) is 18.2 Å². The third-order valence-electron chi connectivity index (χ3n) is 5.32. The van der Waals surface area contributed by atoms with Crippen LogP contribution in [0.4, 0.5) is 0 Å². The molecule has 0 radical (unpaired) electrons. The van der Waals surface area contributed by atoms with Gasteiger partial charge in [0.25, 0.3) is 0 Å². The molecular formula is C18H23N5. The molecule has 0 aromatic carbocycles. The van der Waals surface area contributed by atoms with Crippen LogP contribution in [0.5, 0.6) is 0 Å². The van der Waals surface area contributed by atoms with Crippen LogP contribution in [0, 0.1) is 62.6 Å². The average Bonchev–Trinajstić information content (AvgIpc) is 2.56. The number of nitriles is 3. The molecule has 0 spiro atoms. The lowest BCUT2D eigenvalue weighted by Gasteiger charge is -2.48. The second kappa shape index (κ2) is 6.53. The van der Waals surface area contributed by atoms with E-state index in [-0.39, 0.29) is 17.5 Å². The molecule has 5 heteroatoms. The van der Waals surface area contributed by atoms with Gasteiger partial charge in [0, 0.05) is 25.0 Å². The van der Waals surface area contributed by atoms with Crippen LogP contribution in [-0.2, 0) is 0 Å². The summed E-state index contributed by atoms with van der Waals surface area (Å²) in [6, 6.07) is 6.76. The van der Waals surface area contributed by atoms with Gasteiger partial charge in [-0.2, -0.15) is 15.8 Å². The summed E-state index contributed by atoms with van der Waals surface area (Å²) in [5.74, 6) is -0.946. The average molecular weight is 309 g/mol. The molecule has 2 aliphatic rings. The van der Waals surface area contributed by atoms with Crippen LogP contribution < -0.4 is 0 Å². The first-order valence-corrected chi connectivity index (χ1v) is 8.21.